The Hall–Kier alpha value is -3.41. The summed E-state index contributed by atoms with van der Waals surface area (Å²) in [7, 11) is 1.63. The van der Waals surface area contributed by atoms with E-state index >= 15 is 0 Å². The lowest BCUT2D eigenvalue weighted by Crippen LogP contribution is -2.31. The largest absolute Gasteiger partial charge is 0.452 e. The third-order valence-corrected chi connectivity index (χ3v) is 4.28. The van der Waals surface area contributed by atoms with Gasteiger partial charge >= 0.3 is 11.6 Å². The Morgan fingerprint density at radius 3 is 2.56 bits per heavy atom. The van der Waals surface area contributed by atoms with Gasteiger partial charge in [-0.3, -0.25) is 4.79 Å². The lowest BCUT2D eigenvalue weighted by Gasteiger charge is -2.18. The minimum absolute atomic E-state index is 0.233. The molecule has 27 heavy (non-hydrogen) atoms. The first-order chi connectivity index (χ1) is 13.0. The molecule has 3 rings (SSSR count). The number of benzene rings is 2. The van der Waals surface area contributed by atoms with E-state index in [1.165, 1.54) is 11.0 Å². The van der Waals surface area contributed by atoms with Gasteiger partial charge in [-0.05, 0) is 30.2 Å². The highest BCUT2D eigenvalue weighted by Gasteiger charge is 2.18. The van der Waals surface area contributed by atoms with Gasteiger partial charge in [0, 0.05) is 19.0 Å². The highest BCUT2D eigenvalue weighted by molar-refractivity contribution is 5.94. The second-order valence-electron chi connectivity index (χ2n) is 6.24. The normalized spacial score (nSPS) is 10.6. The van der Waals surface area contributed by atoms with Crippen molar-refractivity contribution >= 4 is 22.8 Å². The van der Waals surface area contributed by atoms with Gasteiger partial charge in [0.15, 0.2) is 6.61 Å². The van der Waals surface area contributed by atoms with E-state index in [1.54, 1.807) is 31.3 Å². The van der Waals surface area contributed by atoms with Crippen LogP contribution in [0.4, 0.5) is 0 Å². The van der Waals surface area contributed by atoms with Crippen molar-refractivity contribution < 1.29 is 18.7 Å². The van der Waals surface area contributed by atoms with E-state index in [0.717, 1.165) is 11.1 Å². The highest BCUT2D eigenvalue weighted by atomic mass is 16.5. The Balaban J connectivity index is 1.65. The zero-order valence-electron chi connectivity index (χ0n) is 15.1. The number of nitrogens with zero attached hydrogens (tertiary/aromatic N) is 1. The molecule has 0 radical (unpaired) electrons. The number of amides is 1. The number of carbonyl (C=O) groups is 2. The molecular formula is C21H19NO5. The van der Waals surface area contributed by atoms with E-state index < -0.39 is 18.2 Å². The van der Waals surface area contributed by atoms with Gasteiger partial charge in [0.2, 0.25) is 0 Å². The number of esters is 1. The molecule has 6 heteroatoms. The van der Waals surface area contributed by atoms with Crippen LogP contribution in [0.25, 0.3) is 11.0 Å². The van der Waals surface area contributed by atoms with Crippen molar-refractivity contribution in [1.29, 1.82) is 0 Å². The molecule has 1 heterocycles. The molecular weight excluding hydrogens is 346 g/mol. The third-order valence-electron chi connectivity index (χ3n) is 4.28. The van der Waals surface area contributed by atoms with Crippen LogP contribution in [0.2, 0.25) is 0 Å². The van der Waals surface area contributed by atoms with Gasteiger partial charge in [0.05, 0.1) is 0 Å². The molecule has 3 aromatic rings. The molecule has 0 aliphatic rings. The lowest BCUT2D eigenvalue weighted by atomic mass is 10.1. The number of likely N-dealkylation sites (N-methyl/N-ethyl adjacent to an activating group) is 1. The Labute approximate surface area is 156 Å². The number of rotatable bonds is 5. The first-order valence-electron chi connectivity index (χ1n) is 8.44. The molecule has 138 valence electrons. The van der Waals surface area contributed by atoms with E-state index in [2.05, 4.69) is 0 Å². The van der Waals surface area contributed by atoms with E-state index in [-0.39, 0.29) is 11.5 Å². The fraction of sp³-hybridized carbons (Fsp3) is 0.190. The monoisotopic (exact) mass is 365 g/mol. The molecule has 0 spiro atoms. The average molecular weight is 365 g/mol. The first kappa shape index (κ1) is 18.4. The molecule has 0 atom stereocenters. The highest BCUT2D eigenvalue weighted by Crippen LogP contribution is 2.13. The predicted molar refractivity (Wildman–Crippen MR) is 100 cm³/mol. The Kier molecular flexibility index (Phi) is 5.35. The summed E-state index contributed by atoms with van der Waals surface area (Å²) in [6, 6.07) is 16.0. The number of hydrogen-bond acceptors (Lipinski definition) is 5. The first-order valence-corrected chi connectivity index (χ1v) is 8.44. The van der Waals surface area contributed by atoms with Crippen LogP contribution in [-0.2, 0) is 16.1 Å². The number of aryl methyl sites for hydroxylation is 1. The number of hydrogen-bond donors (Lipinski definition) is 0. The summed E-state index contributed by atoms with van der Waals surface area (Å²) in [5, 5.41) is 0.604. The SMILES string of the molecule is Cc1ccccc1CN(C)C(=O)COC(=O)c1cc2ccccc2oc1=O. The van der Waals surface area contributed by atoms with Gasteiger partial charge in [-0.1, -0.05) is 42.5 Å². The molecule has 1 amide bonds. The zero-order valence-corrected chi connectivity index (χ0v) is 15.1. The van der Waals surface area contributed by atoms with Gasteiger partial charge in [0.1, 0.15) is 11.1 Å². The Morgan fingerprint density at radius 1 is 1.07 bits per heavy atom. The van der Waals surface area contributed by atoms with Crippen LogP contribution in [0, 0.1) is 6.92 Å². The summed E-state index contributed by atoms with van der Waals surface area (Å²) in [5.74, 6) is -1.25. The molecule has 0 saturated heterocycles. The summed E-state index contributed by atoms with van der Waals surface area (Å²) >= 11 is 0. The number of carbonyl (C=O) groups excluding carboxylic acids is 2. The maximum absolute atomic E-state index is 12.2. The topological polar surface area (TPSA) is 76.8 Å². The van der Waals surface area contributed by atoms with E-state index in [9.17, 15) is 14.4 Å². The molecule has 0 saturated carbocycles. The molecule has 0 fully saturated rings. The molecule has 0 aliphatic carbocycles. The van der Waals surface area contributed by atoms with Crippen LogP contribution in [0.3, 0.4) is 0 Å². The summed E-state index contributed by atoms with van der Waals surface area (Å²) in [6.45, 7) is 1.92. The fourth-order valence-corrected chi connectivity index (χ4v) is 2.65. The summed E-state index contributed by atoms with van der Waals surface area (Å²) in [4.78, 5) is 37.9. The van der Waals surface area contributed by atoms with Crippen molar-refractivity contribution in [3.63, 3.8) is 0 Å². The Morgan fingerprint density at radius 2 is 1.78 bits per heavy atom. The average Bonchev–Trinajstić information content (AvgIpc) is 2.67. The second-order valence-corrected chi connectivity index (χ2v) is 6.24. The van der Waals surface area contributed by atoms with Crippen LogP contribution in [0.5, 0.6) is 0 Å². The molecule has 0 aliphatic heterocycles. The van der Waals surface area contributed by atoms with Crippen molar-refractivity contribution in [3.8, 4) is 0 Å². The van der Waals surface area contributed by atoms with Gasteiger partial charge in [0.25, 0.3) is 5.91 Å². The Bertz CT molecular complexity index is 1050. The third kappa shape index (κ3) is 4.23. The number of para-hydroxylation sites is 1. The molecule has 1 aromatic heterocycles. The summed E-state index contributed by atoms with van der Waals surface area (Å²) in [6.07, 6.45) is 0. The number of ether oxygens (including phenoxy) is 1. The van der Waals surface area contributed by atoms with Crippen molar-refractivity contribution in [2.45, 2.75) is 13.5 Å². The minimum Gasteiger partial charge on any atom is -0.452 e. The van der Waals surface area contributed by atoms with Crippen molar-refractivity contribution in [1.82, 2.24) is 4.90 Å². The lowest BCUT2D eigenvalue weighted by molar-refractivity contribution is -0.133. The summed E-state index contributed by atoms with van der Waals surface area (Å²) in [5.41, 5.74) is 1.44. The van der Waals surface area contributed by atoms with Gasteiger partial charge in [-0.2, -0.15) is 0 Å². The van der Waals surface area contributed by atoms with Crippen LogP contribution in [0.15, 0.2) is 63.8 Å². The second kappa shape index (κ2) is 7.86. The summed E-state index contributed by atoms with van der Waals surface area (Å²) < 4.78 is 10.1. The van der Waals surface area contributed by atoms with Gasteiger partial charge in [-0.15, -0.1) is 0 Å². The standard InChI is InChI=1S/C21H19NO5/c1-14-7-3-4-9-16(14)12-22(2)19(23)13-26-20(24)17-11-15-8-5-6-10-18(15)27-21(17)25/h3-11H,12-13H2,1-2H3. The quantitative estimate of drug-likeness (QED) is 0.513. The van der Waals surface area contributed by atoms with Crippen LogP contribution in [-0.4, -0.2) is 30.4 Å². The smallest absolute Gasteiger partial charge is 0.351 e. The van der Waals surface area contributed by atoms with E-state index in [1.807, 2.05) is 31.2 Å². The maximum atomic E-state index is 12.2. The maximum Gasteiger partial charge on any atom is 0.351 e. The van der Waals surface area contributed by atoms with Gasteiger partial charge < -0.3 is 14.1 Å². The van der Waals surface area contributed by atoms with Crippen molar-refractivity contribution in [3.05, 3.63) is 81.7 Å². The van der Waals surface area contributed by atoms with Crippen LogP contribution >= 0.6 is 0 Å². The minimum atomic E-state index is -0.882. The molecule has 2 aromatic carbocycles. The van der Waals surface area contributed by atoms with E-state index in [0.29, 0.717) is 17.5 Å². The molecule has 0 N–H and O–H groups in total. The van der Waals surface area contributed by atoms with Crippen LogP contribution < -0.4 is 5.63 Å². The molecule has 0 bridgehead atoms. The van der Waals surface area contributed by atoms with Crippen LogP contribution in [0.1, 0.15) is 21.5 Å². The number of fused-ring (bicyclic) bond motifs is 1. The molecule has 6 nitrogen and oxygen atoms in total. The van der Waals surface area contributed by atoms with E-state index in [4.69, 9.17) is 9.15 Å². The van der Waals surface area contributed by atoms with Crippen molar-refractivity contribution in [2.75, 3.05) is 13.7 Å². The molecule has 0 unspecified atom stereocenters. The zero-order chi connectivity index (χ0) is 19.4. The van der Waals surface area contributed by atoms with Gasteiger partial charge in [-0.25, -0.2) is 9.59 Å². The predicted octanol–water partition coefficient (Wildman–Crippen LogP) is 2.92. The fourth-order valence-electron chi connectivity index (χ4n) is 2.65. The van der Waals surface area contributed by atoms with Crippen molar-refractivity contribution in [2.24, 2.45) is 0 Å².